The first-order chi connectivity index (χ1) is 11.6. The van der Waals surface area contributed by atoms with E-state index in [4.69, 9.17) is 9.47 Å². The van der Waals surface area contributed by atoms with Gasteiger partial charge in [-0.1, -0.05) is 54.6 Å². The van der Waals surface area contributed by atoms with Crippen molar-refractivity contribution in [2.75, 3.05) is 20.3 Å². The first-order valence-corrected chi connectivity index (χ1v) is 8.20. The van der Waals surface area contributed by atoms with E-state index in [0.717, 1.165) is 23.1 Å². The molecule has 0 spiro atoms. The van der Waals surface area contributed by atoms with E-state index in [1.54, 1.807) is 7.11 Å². The van der Waals surface area contributed by atoms with E-state index >= 15 is 0 Å². The van der Waals surface area contributed by atoms with Crippen molar-refractivity contribution in [3.8, 4) is 0 Å². The van der Waals surface area contributed by atoms with Gasteiger partial charge in [-0.25, -0.2) is 0 Å². The summed E-state index contributed by atoms with van der Waals surface area (Å²) in [7, 11) is 1.57. The van der Waals surface area contributed by atoms with E-state index in [0.29, 0.717) is 0 Å². The van der Waals surface area contributed by atoms with Crippen molar-refractivity contribution in [2.24, 2.45) is 0 Å². The minimum Gasteiger partial charge on any atom is -0.386 e. The van der Waals surface area contributed by atoms with Crippen LogP contribution < -0.4 is 0 Å². The van der Waals surface area contributed by atoms with Crippen LogP contribution >= 0.6 is 0 Å². The molecule has 0 saturated heterocycles. The first kappa shape index (κ1) is 18.6. The minimum absolute atomic E-state index is 0.0295. The molecule has 0 aromatic heterocycles. The van der Waals surface area contributed by atoms with Gasteiger partial charge in [0.2, 0.25) is 0 Å². The number of rotatable bonds is 9. The third-order valence-corrected chi connectivity index (χ3v) is 3.91. The second-order valence-corrected chi connectivity index (χ2v) is 5.99. The van der Waals surface area contributed by atoms with Gasteiger partial charge in [0.15, 0.2) is 0 Å². The van der Waals surface area contributed by atoms with Crippen molar-refractivity contribution in [3.05, 3.63) is 71.3 Å². The van der Waals surface area contributed by atoms with Crippen molar-refractivity contribution in [2.45, 2.75) is 31.7 Å². The number of benzene rings is 2. The molecule has 130 valence electrons. The largest absolute Gasteiger partial charge is 0.386 e. The number of aliphatic hydroxyl groups excluding tert-OH is 2. The number of ether oxygens (including phenoxy) is 2. The van der Waals surface area contributed by atoms with Crippen LogP contribution in [0.25, 0.3) is 0 Å². The van der Waals surface area contributed by atoms with Gasteiger partial charge < -0.3 is 19.7 Å². The van der Waals surface area contributed by atoms with Crippen LogP contribution in [0.15, 0.2) is 54.6 Å². The highest BCUT2D eigenvalue weighted by atomic mass is 16.5. The Hall–Kier alpha value is -1.72. The lowest BCUT2D eigenvalue weighted by atomic mass is 10.0. The van der Waals surface area contributed by atoms with E-state index in [9.17, 15) is 10.2 Å². The van der Waals surface area contributed by atoms with Gasteiger partial charge in [-0.3, -0.25) is 0 Å². The summed E-state index contributed by atoms with van der Waals surface area (Å²) in [5.41, 5.74) is 2.78. The molecule has 24 heavy (non-hydrogen) atoms. The zero-order valence-corrected chi connectivity index (χ0v) is 14.3. The zero-order valence-electron chi connectivity index (χ0n) is 14.3. The van der Waals surface area contributed by atoms with E-state index in [1.165, 1.54) is 0 Å². The van der Waals surface area contributed by atoms with Crippen molar-refractivity contribution in [1.29, 1.82) is 0 Å². The summed E-state index contributed by atoms with van der Waals surface area (Å²) in [6.07, 6.45) is -0.553. The summed E-state index contributed by atoms with van der Waals surface area (Å²) in [4.78, 5) is 0. The molecule has 0 amide bonds. The summed E-state index contributed by atoms with van der Waals surface area (Å²) in [6.45, 7) is 2.52. The molecule has 2 unspecified atom stereocenters. The summed E-state index contributed by atoms with van der Waals surface area (Å²) in [6, 6.07) is 17.3. The Labute approximate surface area is 143 Å². The van der Waals surface area contributed by atoms with Crippen molar-refractivity contribution in [1.82, 2.24) is 0 Å². The monoisotopic (exact) mass is 330 g/mol. The zero-order chi connectivity index (χ0) is 17.4. The second kappa shape index (κ2) is 9.55. The van der Waals surface area contributed by atoms with E-state index in [2.05, 4.69) is 0 Å². The lowest BCUT2D eigenvalue weighted by molar-refractivity contribution is -0.00223. The van der Waals surface area contributed by atoms with Crippen LogP contribution in [0.3, 0.4) is 0 Å². The van der Waals surface area contributed by atoms with Crippen LogP contribution in [-0.2, 0) is 15.9 Å². The average Bonchev–Trinajstić information content (AvgIpc) is 2.61. The van der Waals surface area contributed by atoms with Crippen LogP contribution in [0, 0.1) is 0 Å². The quantitative estimate of drug-likeness (QED) is 0.742. The third kappa shape index (κ3) is 5.73. The molecule has 2 aromatic carbocycles. The molecule has 0 heterocycles. The fourth-order valence-electron chi connectivity index (χ4n) is 2.60. The molecule has 0 aliphatic heterocycles. The molecule has 2 rings (SSSR count). The molecule has 0 fully saturated rings. The van der Waals surface area contributed by atoms with Crippen molar-refractivity contribution >= 4 is 0 Å². The molecule has 0 aliphatic rings. The molecule has 4 heteroatoms. The minimum atomic E-state index is -0.622. The van der Waals surface area contributed by atoms with E-state index in [1.807, 2.05) is 61.5 Å². The van der Waals surface area contributed by atoms with Gasteiger partial charge >= 0.3 is 0 Å². The van der Waals surface area contributed by atoms with Crippen LogP contribution in [-0.4, -0.2) is 36.6 Å². The summed E-state index contributed by atoms with van der Waals surface area (Å²) in [5, 5.41) is 20.1. The Kier molecular flexibility index (Phi) is 7.40. The molecule has 2 N–H and O–H groups in total. The molecule has 2 aromatic rings. The Morgan fingerprint density at radius 3 is 2.25 bits per heavy atom. The van der Waals surface area contributed by atoms with Crippen molar-refractivity contribution < 1.29 is 19.7 Å². The maximum Gasteiger partial charge on any atom is 0.102 e. The smallest absolute Gasteiger partial charge is 0.102 e. The molecule has 0 aliphatic carbocycles. The third-order valence-electron chi connectivity index (χ3n) is 3.91. The topological polar surface area (TPSA) is 58.9 Å². The highest BCUT2D eigenvalue weighted by Crippen LogP contribution is 2.18. The molecular formula is C20H26O4. The highest BCUT2D eigenvalue weighted by Gasteiger charge is 2.12. The average molecular weight is 330 g/mol. The fraction of sp³-hybridized carbons (Fsp3) is 0.400. The standard InChI is InChI=1S/C20H26O4/c1-15(24-14-20(22)17-8-4-3-5-9-17)11-16-7-6-10-18(12-16)19(21)13-23-2/h3-10,12,15,19-22H,11,13-14H2,1-2H3/t15?,19?,20-/m1/s1. The Morgan fingerprint density at radius 2 is 1.54 bits per heavy atom. The van der Waals surface area contributed by atoms with Gasteiger partial charge in [0, 0.05) is 7.11 Å². The molecular weight excluding hydrogens is 304 g/mol. The lowest BCUT2D eigenvalue weighted by Crippen LogP contribution is -2.17. The van der Waals surface area contributed by atoms with Crippen molar-refractivity contribution in [3.63, 3.8) is 0 Å². The second-order valence-electron chi connectivity index (χ2n) is 5.99. The van der Waals surface area contributed by atoms with Gasteiger partial charge in [0.05, 0.1) is 19.3 Å². The lowest BCUT2D eigenvalue weighted by Gasteiger charge is -2.18. The van der Waals surface area contributed by atoms with Gasteiger partial charge in [0.25, 0.3) is 0 Å². The highest BCUT2D eigenvalue weighted by molar-refractivity contribution is 5.25. The molecule has 0 saturated carbocycles. The fourth-order valence-corrected chi connectivity index (χ4v) is 2.60. The summed E-state index contributed by atoms with van der Waals surface area (Å²) < 4.78 is 10.8. The number of hydrogen-bond donors (Lipinski definition) is 2. The maximum atomic E-state index is 10.1. The predicted octanol–water partition coefficient (Wildman–Crippen LogP) is 3.05. The van der Waals surface area contributed by atoms with Gasteiger partial charge in [-0.05, 0) is 30.0 Å². The van der Waals surface area contributed by atoms with Crippen LogP contribution in [0.1, 0.15) is 35.8 Å². The Bertz CT molecular complexity index is 600. The summed E-state index contributed by atoms with van der Waals surface area (Å²) in [5.74, 6) is 0. The van der Waals surface area contributed by atoms with Gasteiger partial charge in [-0.2, -0.15) is 0 Å². The predicted molar refractivity (Wildman–Crippen MR) is 93.8 cm³/mol. The number of methoxy groups -OCH3 is 1. The maximum absolute atomic E-state index is 10.1. The van der Waals surface area contributed by atoms with Crippen LogP contribution in [0.2, 0.25) is 0 Å². The van der Waals surface area contributed by atoms with Crippen LogP contribution in [0.5, 0.6) is 0 Å². The van der Waals surface area contributed by atoms with Gasteiger partial charge in [-0.15, -0.1) is 0 Å². The normalized spacial score (nSPS) is 15.0. The first-order valence-electron chi connectivity index (χ1n) is 8.20. The van der Waals surface area contributed by atoms with Crippen LogP contribution in [0.4, 0.5) is 0 Å². The number of hydrogen-bond acceptors (Lipinski definition) is 4. The molecule has 0 radical (unpaired) electrons. The Balaban J connectivity index is 1.86. The molecule has 0 bridgehead atoms. The van der Waals surface area contributed by atoms with Gasteiger partial charge in [0.1, 0.15) is 12.2 Å². The molecule has 3 atom stereocenters. The van der Waals surface area contributed by atoms with E-state index < -0.39 is 12.2 Å². The summed E-state index contributed by atoms with van der Waals surface area (Å²) >= 11 is 0. The molecule has 4 nitrogen and oxygen atoms in total. The number of aliphatic hydroxyl groups is 2. The SMILES string of the molecule is COCC(O)c1cccc(CC(C)OC[C@@H](O)c2ccccc2)c1. The Morgan fingerprint density at radius 1 is 0.875 bits per heavy atom. The van der Waals surface area contributed by atoms with E-state index in [-0.39, 0.29) is 19.3 Å².